The summed E-state index contributed by atoms with van der Waals surface area (Å²) in [5.41, 5.74) is 3.11. The molecule has 3 aromatic rings. The van der Waals surface area contributed by atoms with Gasteiger partial charge in [0.25, 0.3) is 11.1 Å². The number of aryl methyl sites for hydroxylation is 1. The summed E-state index contributed by atoms with van der Waals surface area (Å²) in [5.74, 6) is -0.838. The molecule has 1 fully saturated rings. The Morgan fingerprint density at radius 2 is 1.83 bits per heavy atom. The largest absolute Gasteiger partial charge is 0.490 e. The Morgan fingerprint density at radius 1 is 1.02 bits per heavy atom. The number of nitrogens with one attached hydrogen (secondary N) is 1. The Kier molecular flexibility index (Phi) is 9.69. The molecule has 1 heterocycles. The molecule has 0 saturated carbocycles. The van der Waals surface area contributed by atoms with E-state index in [2.05, 4.69) is 10.1 Å². The molecule has 0 radical (unpaired) electrons. The molecule has 0 spiro atoms. The van der Waals surface area contributed by atoms with E-state index in [9.17, 15) is 19.2 Å². The highest BCUT2D eigenvalue weighted by Crippen LogP contribution is 2.35. The predicted octanol–water partition coefficient (Wildman–Crippen LogP) is 6.09. The van der Waals surface area contributed by atoms with Crippen LogP contribution in [0.15, 0.2) is 65.6 Å². The van der Waals surface area contributed by atoms with E-state index in [4.69, 9.17) is 21.1 Å². The molecule has 4 rings (SSSR count). The van der Waals surface area contributed by atoms with E-state index in [1.165, 1.54) is 25.3 Å². The number of hydrogen-bond acceptors (Lipinski definition) is 8. The molecule has 3 aromatic carbocycles. The Morgan fingerprint density at radius 3 is 2.56 bits per heavy atom. The average Bonchev–Trinajstić information content (AvgIpc) is 3.20. The molecule has 212 valence electrons. The van der Waals surface area contributed by atoms with Crippen molar-refractivity contribution in [1.82, 2.24) is 4.90 Å². The number of carbonyl (C=O) groups excluding carboxylic acids is 4. The zero-order chi connectivity index (χ0) is 29.5. The number of rotatable bonds is 10. The van der Waals surface area contributed by atoms with Crippen molar-refractivity contribution in [3.8, 4) is 11.5 Å². The van der Waals surface area contributed by atoms with Gasteiger partial charge in [0.05, 0.1) is 29.2 Å². The van der Waals surface area contributed by atoms with Crippen LogP contribution in [0.1, 0.15) is 34.0 Å². The maximum atomic E-state index is 13.0. The standard InChI is InChI=1S/C30H27ClN2O7S/c1-4-39-25-13-19(8-11-24(25)40-17-20-7-5-6-18(2)12-20)14-26-28(35)33(30(37)41-26)16-27(34)32-21-9-10-23(31)22(15-21)29(36)38-3/h5-15H,4,16-17H2,1-3H3,(H,32,34)/b26-14-. The Labute approximate surface area is 246 Å². The first-order valence-electron chi connectivity index (χ1n) is 12.6. The summed E-state index contributed by atoms with van der Waals surface area (Å²) in [6.07, 6.45) is 1.57. The number of imide groups is 1. The predicted molar refractivity (Wildman–Crippen MR) is 157 cm³/mol. The van der Waals surface area contributed by atoms with Crippen LogP contribution in [0.5, 0.6) is 11.5 Å². The minimum absolute atomic E-state index is 0.0686. The quantitative estimate of drug-likeness (QED) is 0.222. The van der Waals surface area contributed by atoms with E-state index in [1.807, 2.05) is 38.1 Å². The van der Waals surface area contributed by atoms with Gasteiger partial charge < -0.3 is 19.5 Å². The second kappa shape index (κ2) is 13.4. The minimum atomic E-state index is -0.666. The number of halogens is 1. The number of amides is 3. The topological polar surface area (TPSA) is 111 Å². The molecule has 0 aromatic heterocycles. The number of hydrogen-bond donors (Lipinski definition) is 1. The number of thioether (sulfide) groups is 1. The molecule has 0 unspecified atom stereocenters. The van der Waals surface area contributed by atoms with Gasteiger partial charge in [-0.15, -0.1) is 0 Å². The van der Waals surface area contributed by atoms with E-state index >= 15 is 0 Å². The summed E-state index contributed by atoms with van der Waals surface area (Å²) >= 11 is 6.75. The van der Waals surface area contributed by atoms with Crippen molar-refractivity contribution in [2.75, 3.05) is 25.6 Å². The number of esters is 1. The van der Waals surface area contributed by atoms with Crippen molar-refractivity contribution < 1.29 is 33.4 Å². The SMILES string of the molecule is CCOc1cc(/C=C2\SC(=O)N(CC(=O)Nc3ccc(Cl)c(C(=O)OC)c3)C2=O)ccc1OCc1cccc(C)c1. The summed E-state index contributed by atoms with van der Waals surface area (Å²) in [6.45, 7) is 4.13. The molecule has 9 nitrogen and oxygen atoms in total. The lowest BCUT2D eigenvalue weighted by molar-refractivity contribution is -0.127. The molecule has 0 bridgehead atoms. The normalized spacial score (nSPS) is 13.9. The van der Waals surface area contributed by atoms with Gasteiger partial charge in [0.1, 0.15) is 13.2 Å². The molecule has 0 aliphatic carbocycles. The fourth-order valence-electron chi connectivity index (χ4n) is 3.97. The molecule has 0 atom stereocenters. The van der Waals surface area contributed by atoms with Crippen LogP contribution in [0.25, 0.3) is 6.08 Å². The van der Waals surface area contributed by atoms with Crippen molar-refractivity contribution in [1.29, 1.82) is 0 Å². The Hall–Kier alpha value is -4.28. The highest BCUT2D eigenvalue weighted by Gasteiger charge is 2.36. The molecular formula is C30H27ClN2O7S. The van der Waals surface area contributed by atoms with E-state index in [0.29, 0.717) is 30.3 Å². The number of anilines is 1. The Balaban J connectivity index is 1.44. The van der Waals surface area contributed by atoms with Gasteiger partial charge in [0, 0.05) is 5.69 Å². The number of carbonyl (C=O) groups is 4. The van der Waals surface area contributed by atoms with Gasteiger partial charge in [0.15, 0.2) is 11.5 Å². The summed E-state index contributed by atoms with van der Waals surface area (Å²) in [5, 5.41) is 2.14. The van der Waals surface area contributed by atoms with Crippen LogP contribution < -0.4 is 14.8 Å². The van der Waals surface area contributed by atoms with Gasteiger partial charge in [-0.1, -0.05) is 47.5 Å². The average molecular weight is 595 g/mol. The van der Waals surface area contributed by atoms with Crippen molar-refractivity contribution in [2.45, 2.75) is 20.5 Å². The molecule has 41 heavy (non-hydrogen) atoms. The van der Waals surface area contributed by atoms with Crippen LogP contribution in [0.4, 0.5) is 10.5 Å². The molecule has 1 aliphatic rings. The molecule has 11 heteroatoms. The van der Waals surface area contributed by atoms with Gasteiger partial charge in [-0.2, -0.15) is 0 Å². The first-order valence-corrected chi connectivity index (χ1v) is 13.8. The van der Waals surface area contributed by atoms with Crippen molar-refractivity contribution >= 4 is 58.1 Å². The minimum Gasteiger partial charge on any atom is -0.490 e. The summed E-state index contributed by atoms with van der Waals surface area (Å²) in [6, 6.07) is 17.5. The smallest absolute Gasteiger partial charge is 0.339 e. The number of methoxy groups -OCH3 is 1. The van der Waals surface area contributed by atoms with Crippen LogP contribution in [0.3, 0.4) is 0 Å². The molecule has 1 aliphatic heterocycles. The lowest BCUT2D eigenvalue weighted by Gasteiger charge is -2.14. The molecule has 1 N–H and O–H groups in total. The summed E-state index contributed by atoms with van der Waals surface area (Å²) in [4.78, 5) is 51.1. The van der Waals surface area contributed by atoms with Gasteiger partial charge in [0.2, 0.25) is 5.91 Å². The molecule has 1 saturated heterocycles. The van der Waals surface area contributed by atoms with E-state index < -0.39 is 29.6 Å². The number of nitrogens with zero attached hydrogens (tertiary/aromatic N) is 1. The fraction of sp³-hybridized carbons (Fsp3) is 0.200. The summed E-state index contributed by atoms with van der Waals surface area (Å²) in [7, 11) is 1.21. The lowest BCUT2D eigenvalue weighted by Crippen LogP contribution is -2.36. The van der Waals surface area contributed by atoms with Crippen molar-refractivity contribution in [2.24, 2.45) is 0 Å². The van der Waals surface area contributed by atoms with E-state index in [0.717, 1.165) is 27.8 Å². The highest BCUT2D eigenvalue weighted by atomic mass is 35.5. The van der Waals surface area contributed by atoms with Crippen LogP contribution in [0, 0.1) is 6.92 Å². The maximum Gasteiger partial charge on any atom is 0.339 e. The second-order valence-electron chi connectivity index (χ2n) is 8.92. The van der Waals surface area contributed by atoms with Gasteiger partial charge >= 0.3 is 5.97 Å². The van der Waals surface area contributed by atoms with Crippen LogP contribution in [0.2, 0.25) is 5.02 Å². The number of ether oxygens (including phenoxy) is 3. The van der Waals surface area contributed by atoms with Gasteiger partial charge in [-0.25, -0.2) is 4.79 Å². The lowest BCUT2D eigenvalue weighted by atomic mass is 10.1. The fourth-order valence-corrected chi connectivity index (χ4v) is 5.00. The number of benzene rings is 3. The van der Waals surface area contributed by atoms with E-state index in [-0.39, 0.29) is 21.2 Å². The third-order valence-electron chi connectivity index (χ3n) is 5.87. The van der Waals surface area contributed by atoms with Crippen molar-refractivity contribution in [3.05, 3.63) is 92.8 Å². The molecule has 3 amide bonds. The summed E-state index contributed by atoms with van der Waals surface area (Å²) < 4.78 is 16.4. The highest BCUT2D eigenvalue weighted by molar-refractivity contribution is 8.18. The third kappa shape index (κ3) is 7.47. The Bertz CT molecular complexity index is 1540. The third-order valence-corrected chi connectivity index (χ3v) is 7.11. The van der Waals surface area contributed by atoms with Gasteiger partial charge in [-0.05, 0) is 73.1 Å². The zero-order valence-corrected chi connectivity index (χ0v) is 24.1. The van der Waals surface area contributed by atoms with Gasteiger partial charge in [-0.3, -0.25) is 19.3 Å². The van der Waals surface area contributed by atoms with Crippen LogP contribution >= 0.6 is 23.4 Å². The monoisotopic (exact) mass is 594 g/mol. The van der Waals surface area contributed by atoms with E-state index in [1.54, 1.807) is 24.3 Å². The second-order valence-corrected chi connectivity index (χ2v) is 10.3. The first-order chi connectivity index (χ1) is 19.7. The molecular weight excluding hydrogens is 568 g/mol. The zero-order valence-electron chi connectivity index (χ0n) is 22.6. The maximum absolute atomic E-state index is 13.0. The van der Waals surface area contributed by atoms with Crippen molar-refractivity contribution in [3.63, 3.8) is 0 Å². The van der Waals surface area contributed by atoms with Crippen LogP contribution in [-0.4, -0.2) is 48.2 Å². The first kappa shape index (κ1) is 29.7. The van der Waals surface area contributed by atoms with Crippen LogP contribution in [-0.2, 0) is 20.9 Å².